The first-order chi connectivity index (χ1) is 10.3. The van der Waals surface area contributed by atoms with Crippen LogP contribution in [0.25, 0.3) is 0 Å². The van der Waals surface area contributed by atoms with Crippen molar-refractivity contribution in [2.75, 3.05) is 11.6 Å². The molecule has 2 rings (SSSR count). The molecule has 0 aliphatic rings. The van der Waals surface area contributed by atoms with Gasteiger partial charge in [0.1, 0.15) is 11.4 Å². The third-order valence-corrected chi connectivity index (χ3v) is 3.22. The zero-order valence-corrected chi connectivity index (χ0v) is 12.0. The summed E-state index contributed by atoms with van der Waals surface area (Å²) in [6.45, 7) is 0. The fourth-order valence-electron chi connectivity index (χ4n) is 1.60. The summed E-state index contributed by atoms with van der Waals surface area (Å²) in [5.74, 6) is -1.21. The summed E-state index contributed by atoms with van der Waals surface area (Å²) in [5, 5.41) is 12.1. The van der Waals surface area contributed by atoms with Gasteiger partial charge in [0, 0.05) is 11.9 Å². The molecule has 1 heterocycles. The van der Waals surface area contributed by atoms with Gasteiger partial charge in [-0.25, -0.2) is 14.8 Å². The molecule has 0 bridgehead atoms. The molecule has 0 amide bonds. The van der Waals surface area contributed by atoms with Gasteiger partial charge in [0.25, 0.3) is 0 Å². The molecular weight excluding hydrogens is 319 g/mol. The molecule has 0 unspecified atom stereocenters. The fraction of sp³-hybridized carbons (Fsp3) is 0.154. The minimum Gasteiger partial charge on any atom is -0.477 e. The Bertz CT molecular complexity index is 690. The zero-order valence-electron chi connectivity index (χ0n) is 11.2. The van der Waals surface area contributed by atoms with Crippen molar-refractivity contribution in [1.29, 1.82) is 0 Å². The second-order valence-electron chi connectivity index (χ2n) is 4.12. The molecule has 0 saturated heterocycles. The number of alkyl halides is 3. The van der Waals surface area contributed by atoms with Gasteiger partial charge in [-0.3, -0.25) is 0 Å². The number of hydrogen-bond acceptors (Lipinski definition) is 5. The van der Waals surface area contributed by atoms with E-state index in [0.29, 0.717) is 10.8 Å². The Morgan fingerprint density at radius 1 is 1.27 bits per heavy atom. The molecule has 0 aliphatic heterocycles. The molecule has 5 nitrogen and oxygen atoms in total. The topological polar surface area (TPSA) is 75.1 Å². The van der Waals surface area contributed by atoms with E-state index in [2.05, 4.69) is 15.3 Å². The lowest BCUT2D eigenvalue weighted by molar-refractivity contribution is -0.137. The number of nitrogens with zero attached hydrogens (tertiary/aromatic N) is 2. The monoisotopic (exact) mass is 329 g/mol. The van der Waals surface area contributed by atoms with Gasteiger partial charge in [-0.05, 0) is 30.5 Å². The van der Waals surface area contributed by atoms with Gasteiger partial charge in [-0.2, -0.15) is 13.2 Å². The zero-order chi connectivity index (χ0) is 16.3. The molecule has 22 heavy (non-hydrogen) atoms. The van der Waals surface area contributed by atoms with E-state index in [1.165, 1.54) is 23.9 Å². The molecular formula is C13H10F3N3O2S. The number of thioether (sulfide) groups is 1. The first kappa shape index (κ1) is 16.1. The van der Waals surface area contributed by atoms with Crippen molar-refractivity contribution in [3.05, 3.63) is 41.6 Å². The predicted octanol–water partition coefficient (Wildman–Crippen LogP) is 3.66. The van der Waals surface area contributed by atoms with E-state index in [4.69, 9.17) is 5.11 Å². The number of hydrogen-bond donors (Lipinski definition) is 2. The number of benzene rings is 1. The van der Waals surface area contributed by atoms with Crippen LogP contribution in [0.1, 0.15) is 15.9 Å². The second kappa shape index (κ2) is 6.22. The fourth-order valence-corrected chi connectivity index (χ4v) is 1.94. The largest absolute Gasteiger partial charge is 0.477 e. The third kappa shape index (κ3) is 3.67. The Balaban J connectivity index is 2.32. The maximum absolute atomic E-state index is 12.5. The summed E-state index contributed by atoms with van der Waals surface area (Å²) in [6, 6.07) is 4.21. The Labute approximate surface area is 127 Å². The first-order valence-corrected chi connectivity index (χ1v) is 7.12. The number of nitrogens with one attached hydrogen (secondary N) is 1. The smallest absolute Gasteiger partial charge is 0.416 e. The van der Waals surface area contributed by atoms with Crippen LogP contribution in [-0.4, -0.2) is 27.3 Å². The maximum atomic E-state index is 12.5. The van der Waals surface area contributed by atoms with Crippen LogP contribution in [0.15, 0.2) is 35.6 Å². The molecule has 2 N–H and O–H groups in total. The van der Waals surface area contributed by atoms with E-state index in [-0.39, 0.29) is 11.4 Å². The van der Waals surface area contributed by atoms with Crippen LogP contribution in [0.3, 0.4) is 0 Å². The van der Waals surface area contributed by atoms with Gasteiger partial charge in [0.2, 0.25) is 0 Å². The van der Waals surface area contributed by atoms with Gasteiger partial charge in [0.05, 0.1) is 5.56 Å². The summed E-state index contributed by atoms with van der Waals surface area (Å²) in [4.78, 5) is 19.0. The van der Waals surface area contributed by atoms with Crippen LogP contribution in [0, 0.1) is 0 Å². The Morgan fingerprint density at radius 3 is 2.41 bits per heavy atom. The molecule has 0 aliphatic carbocycles. The minimum absolute atomic E-state index is 0.0200. The summed E-state index contributed by atoms with van der Waals surface area (Å²) < 4.78 is 37.5. The van der Waals surface area contributed by atoms with Crippen LogP contribution in [0.5, 0.6) is 0 Å². The van der Waals surface area contributed by atoms with Gasteiger partial charge in [0.15, 0.2) is 5.16 Å². The van der Waals surface area contributed by atoms with E-state index >= 15 is 0 Å². The number of carbonyl (C=O) groups is 1. The molecule has 1 aromatic carbocycles. The van der Waals surface area contributed by atoms with E-state index in [1.54, 1.807) is 6.26 Å². The Kier molecular flexibility index (Phi) is 4.55. The highest BCUT2D eigenvalue weighted by molar-refractivity contribution is 7.98. The molecule has 2 aromatic rings. The number of aromatic carboxylic acids is 1. The van der Waals surface area contributed by atoms with E-state index in [0.717, 1.165) is 18.3 Å². The Morgan fingerprint density at radius 2 is 1.91 bits per heavy atom. The van der Waals surface area contributed by atoms with E-state index in [1.807, 2.05) is 0 Å². The van der Waals surface area contributed by atoms with Crippen molar-refractivity contribution in [2.45, 2.75) is 11.3 Å². The molecule has 9 heteroatoms. The highest BCUT2D eigenvalue weighted by Crippen LogP contribution is 2.30. The lowest BCUT2D eigenvalue weighted by Gasteiger charge is -2.11. The molecule has 0 spiro atoms. The van der Waals surface area contributed by atoms with Crippen LogP contribution in [0.4, 0.5) is 24.7 Å². The van der Waals surface area contributed by atoms with E-state index in [9.17, 15) is 18.0 Å². The van der Waals surface area contributed by atoms with Crippen molar-refractivity contribution in [3.63, 3.8) is 0 Å². The summed E-state index contributed by atoms with van der Waals surface area (Å²) in [6.07, 6.45) is -1.56. The highest BCUT2D eigenvalue weighted by Gasteiger charge is 2.30. The van der Waals surface area contributed by atoms with Crippen molar-refractivity contribution in [1.82, 2.24) is 9.97 Å². The average molecular weight is 329 g/mol. The summed E-state index contributed by atoms with van der Waals surface area (Å²) in [7, 11) is 0. The van der Waals surface area contributed by atoms with Crippen molar-refractivity contribution >= 4 is 29.2 Å². The molecule has 1 aromatic heterocycles. The number of carboxylic acids is 1. The van der Waals surface area contributed by atoms with Gasteiger partial charge < -0.3 is 10.4 Å². The Hall–Kier alpha value is -2.29. The number of aromatic nitrogens is 2. The second-order valence-corrected chi connectivity index (χ2v) is 4.90. The predicted molar refractivity (Wildman–Crippen MR) is 75.5 cm³/mol. The molecule has 0 radical (unpaired) electrons. The first-order valence-electron chi connectivity index (χ1n) is 5.90. The quantitative estimate of drug-likeness (QED) is 0.659. The van der Waals surface area contributed by atoms with Crippen LogP contribution < -0.4 is 5.32 Å². The van der Waals surface area contributed by atoms with Crippen molar-refractivity contribution in [2.24, 2.45) is 0 Å². The average Bonchev–Trinajstić information content (AvgIpc) is 2.46. The van der Waals surface area contributed by atoms with Crippen molar-refractivity contribution < 1.29 is 23.1 Å². The van der Waals surface area contributed by atoms with Gasteiger partial charge >= 0.3 is 12.1 Å². The molecule has 0 fully saturated rings. The normalized spacial score (nSPS) is 11.3. The number of anilines is 2. The lowest BCUT2D eigenvalue weighted by Crippen LogP contribution is -2.08. The van der Waals surface area contributed by atoms with Gasteiger partial charge in [-0.15, -0.1) is 0 Å². The standard InChI is InChI=1S/C13H10F3N3O2S/c1-22-12-17-6-9(11(20)21)10(19-12)18-8-4-2-7(3-5-8)13(14,15)16/h2-6H,1H3,(H,20,21)(H,17,18,19). The molecule has 0 atom stereocenters. The maximum Gasteiger partial charge on any atom is 0.416 e. The van der Waals surface area contributed by atoms with Crippen molar-refractivity contribution in [3.8, 4) is 0 Å². The number of rotatable bonds is 4. The summed E-state index contributed by atoms with van der Waals surface area (Å²) >= 11 is 1.22. The van der Waals surface area contributed by atoms with Gasteiger partial charge in [-0.1, -0.05) is 11.8 Å². The summed E-state index contributed by atoms with van der Waals surface area (Å²) in [5.41, 5.74) is -0.664. The number of carboxylic acid groups (broad SMARTS) is 1. The minimum atomic E-state index is -4.42. The number of halogens is 3. The third-order valence-electron chi connectivity index (χ3n) is 2.65. The van der Waals surface area contributed by atoms with Crippen LogP contribution in [0.2, 0.25) is 0 Å². The highest BCUT2D eigenvalue weighted by atomic mass is 32.2. The SMILES string of the molecule is CSc1ncc(C(=O)O)c(Nc2ccc(C(F)(F)F)cc2)n1. The van der Waals surface area contributed by atoms with Crippen LogP contribution >= 0.6 is 11.8 Å². The molecule has 116 valence electrons. The van der Waals surface area contributed by atoms with Crippen LogP contribution in [-0.2, 0) is 6.18 Å². The molecule has 0 saturated carbocycles. The van der Waals surface area contributed by atoms with E-state index < -0.39 is 17.7 Å². The lowest BCUT2D eigenvalue weighted by atomic mass is 10.2.